The number of hydrogen-bond acceptors (Lipinski definition) is 4. The Morgan fingerprint density at radius 3 is 2.38 bits per heavy atom. The molecule has 1 heterocycles. The lowest BCUT2D eigenvalue weighted by molar-refractivity contribution is 0.0943. The molecule has 0 bridgehead atoms. The number of aryl methyl sites for hydroxylation is 3. The van der Waals surface area contributed by atoms with E-state index in [0.717, 1.165) is 16.7 Å². The summed E-state index contributed by atoms with van der Waals surface area (Å²) in [5.74, 6) is 1.32. The first-order chi connectivity index (χ1) is 11.4. The summed E-state index contributed by atoms with van der Waals surface area (Å²) in [7, 11) is -3.60. The Morgan fingerprint density at radius 1 is 1.08 bits per heavy atom. The zero-order valence-electron chi connectivity index (χ0n) is 14.0. The van der Waals surface area contributed by atoms with E-state index in [1.807, 2.05) is 57.2 Å². The van der Waals surface area contributed by atoms with E-state index >= 15 is 0 Å². The van der Waals surface area contributed by atoms with E-state index in [1.165, 1.54) is 0 Å². The van der Waals surface area contributed by atoms with Gasteiger partial charge in [0.05, 0.1) is 11.4 Å². The highest BCUT2D eigenvalue weighted by Gasteiger charge is 2.25. The average molecular weight is 347 g/mol. The third kappa shape index (κ3) is 3.39. The highest BCUT2D eigenvalue weighted by atomic mass is 32.2. The van der Waals surface area contributed by atoms with Gasteiger partial charge < -0.3 is 9.47 Å². The van der Waals surface area contributed by atoms with E-state index in [0.29, 0.717) is 23.0 Å². The van der Waals surface area contributed by atoms with Crippen LogP contribution >= 0.6 is 0 Å². The van der Waals surface area contributed by atoms with Crippen molar-refractivity contribution in [2.75, 3.05) is 13.2 Å². The molecule has 5 nitrogen and oxygen atoms in total. The second-order valence-electron chi connectivity index (χ2n) is 6.08. The van der Waals surface area contributed by atoms with Crippen LogP contribution in [0.15, 0.2) is 41.3 Å². The molecule has 0 spiro atoms. The molecule has 2 aromatic carbocycles. The molecule has 0 aliphatic carbocycles. The molecule has 0 amide bonds. The second-order valence-corrected chi connectivity index (χ2v) is 7.78. The van der Waals surface area contributed by atoms with Crippen molar-refractivity contribution >= 4 is 10.0 Å². The van der Waals surface area contributed by atoms with Gasteiger partial charge in [-0.2, -0.15) is 0 Å². The van der Waals surface area contributed by atoms with Crippen molar-refractivity contribution in [2.24, 2.45) is 0 Å². The number of rotatable bonds is 4. The monoisotopic (exact) mass is 347 g/mol. The molecule has 1 aliphatic rings. The van der Waals surface area contributed by atoms with E-state index < -0.39 is 10.0 Å². The predicted molar refractivity (Wildman–Crippen MR) is 92.2 cm³/mol. The largest absolute Gasteiger partial charge is 0.486 e. The van der Waals surface area contributed by atoms with Crippen LogP contribution in [0.5, 0.6) is 11.5 Å². The Hall–Kier alpha value is -2.05. The van der Waals surface area contributed by atoms with Crippen LogP contribution in [0.1, 0.15) is 16.7 Å². The zero-order valence-corrected chi connectivity index (χ0v) is 14.8. The zero-order chi connectivity index (χ0) is 17.3. The third-order valence-corrected chi connectivity index (χ3v) is 5.67. The van der Waals surface area contributed by atoms with Gasteiger partial charge in [-0.1, -0.05) is 29.8 Å². The van der Waals surface area contributed by atoms with E-state index in [-0.39, 0.29) is 12.6 Å². The minimum absolute atomic E-state index is 0.156. The third-order valence-electron chi connectivity index (χ3n) is 3.94. The molecule has 0 aromatic heterocycles. The highest BCUT2D eigenvalue weighted by Crippen LogP contribution is 2.30. The van der Waals surface area contributed by atoms with Crippen molar-refractivity contribution < 1.29 is 17.9 Å². The molecule has 0 radical (unpaired) electrons. The van der Waals surface area contributed by atoms with Gasteiger partial charge in [-0.15, -0.1) is 0 Å². The Bertz CT molecular complexity index is 838. The molecule has 0 unspecified atom stereocenters. The van der Waals surface area contributed by atoms with Gasteiger partial charge in [0.15, 0.2) is 11.5 Å². The molecule has 2 aromatic rings. The maximum atomic E-state index is 12.7. The van der Waals surface area contributed by atoms with E-state index in [9.17, 15) is 8.42 Å². The van der Waals surface area contributed by atoms with E-state index in [2.05, 4.69) is 4.72 Å². The van der Waals surface area contributed by atoms with Gasteiger partial charge in [0.2, 0.25) is 10.0 Å². The van der Waals surface area contributed by atoms with Crippen LogP contribution in [0.3, 0.4) is 0 Å². The number of sulfonamides is 1. The van der Waals surface area contributed by atoms with Gasteiger partial charge in [0, 0.05) is 0 Å². The fourth-order valence-electron chi connectivity index (χ4n) is 3.03. The molecule has 24 heavy (non-hydrogen) atoms. The molecule has 1 atom stereocenters. The van der Waals surface area contributed by atoms with Crippen molar-refractivity contribution in [3.63, 3.8) is 0 Å². The van der Waals surface area contributed by atoms with Gasteiger partial charge in [-0.25, -0.2) is 13.1 Å². The van der Waals surface area contributed by atoms with Crippen LogP contribution in [0.2, 0.25) is 0 Å². The Labute approximate surface area is 142 Å². The summed E-state index contributed by atoms with van der Waals surface area (Å²) in [6.07, 6.45) is -0.360. The molecule has 0 saturated heterocycles. The Morgan fingerprint density at radius 2 is 1.71 bits per heavy atom. The molecule has 128 valence electrons. The number of para-hydroxylation sites is 2. The molecule has 0 saturated carbocycles. The SMILES string of the molecule is Cc1cc(C)c(S(=O)(=O)NC[C@H]2COc3ccccc3O2)c(C)c1. The molecular weight excluding hydrogens is 326 g/mol. The first kappa shape index (κ1) is 16.8. The van der Waals surface area contributed by atoms with Crippen LogP contribution in [0.4, 0.5) is 0 Å². The van der Waals surface area contributed by atoms with Crippen molar-refractivity contribution in [3.05, 3.63) is 53.1 Å². The molecular formula is C18H21NO4S. The second kappa shape index (κ2) is 6.45. The van der Waals surface area contributed by atoms with Crippen LogP contribution in [-0.4, -0.2) is 27.7 Å². The number of nitrogens with one attached hydrogen (secondary N) is 1. The van der Waals surface area contributed by atoms with E-state index in [4.69, 9.17) is 9.47 Å². The lowest BCUT2D eigenvalue weighted by atomic mass is 10.1. The molecule has 0 fully saturated rings. The first-order valence-corrected chi connectivity index (χ1v) is 9.31. The topological polar surface area (TPSA) is 64.6 Å². The van der Waals surface area contributed by atoms with Crippen molar-refractivity contribution in [1.82, 2.24) is 4.72 Å². The fourth-order valence-corrected chi connectivity index (χ4v) is 4.54. The van der Waals surface area contributed by atoms with Gasteiger partial charge >= 0.3 is 0 Å². The smallest absolute Gasteiger partial charge is 0.241 e. The maximum Gasteiger partial charge on any atom is 0.241 e. The quantitative estimate of drug-likeness (QED) is 0.924. The summed E-state index contributed by atoms with van der Waals surface area (Å²) < 4.78 is 39.4. The highest BCUT2D eigenvalue weighted by molar-refractivity contribution is 7.89. The summed E-state index contributed by atoms with van der Waals surface area (Å²) in [6, 6.07) is 11.1. The maximum absolute atomic E-state index is 12.7. The van der Waals surface area contributed by atoms with Gasteiger partial charge in [-0.05, 0) is 44.0 Å². The normalized spacial score (nSPS) is 16.9. The minimum atomic E-state index is -3.60. The van der Waals surface area contributed by atoms with Crippen LogP contribution < -0.4 is 14.2 Å². The Balaban J connectivity index is 1.73. The number of hydrogen-bond donors (Lipinski definition) is 1. The van der Waals surface area contributed by atoms with Crippen LogP contribution in [0, 0.1) is 20.8 Å². The van der Waals surface area contributed by atoms with Crippen LogP contribution in [-0.2, 0) is 10.0 Å². The van der Waals surface area contributed by atoms with Crippen LogP contribution in [0.25, 0.3) is 0 Å². The van der Waals surface area contributed by atoms with Crippen molar-refractivity contribution in [2.45, 2.75) is 31.8 Å². The Kier molecular flexibility index (Phi) is 4.51. The summed E-state index contributed by atoms with van der Waals surface area (Å²) in [5, 5.41) is 0. The summed E-state index contributed by atoms with van der Waals surface area (Å²) in [5.41, 5.74) is 2.53. The fraction of sp³-hybridized carbons (Fsp3) is 0.333. The lowest BCUT2D eigenvalue weighted by Crippen LogP contribution is -2.41. The number of benzene rings is 2. The van der Waals surface area contributed by atoms with Gasteiger partial charge in [-0.3, -0.25) is 0 Å². The average Bonchev–Trinajstić information content (AvgIpc) is 2.51. The van der Waals surface area contributed by atoms with Crippen molar-refractivity contribution in [1.29, 1.82) is 0 Å². The van der Waals surface area contributed by atoms with Gasteiger partial charge in [0.25, 0.3) is 0 Å². The molecule has 1 N–H and O–H groups in total. The predicted octanol–water partition coefficient (Wildman–Crippen LogP) is 2.73. The van der Waals surface area contributed by atoms with Crippen molar-refractivity contribution in [3.8, 4) is 11.5 Å². The summed E-state index contributed by atoms with van der Waals surface area (Å²) in [4.78, 5) is 0.338. The molecule has 1 aliphatic heterocycles. The lowest BCUT2D eigenvalue weighted by Gasteiger charge is -2.26. The molecule has 3 rings (SSSR count). The van der Waals surface area contributed by atoms with E-state index in [1.54, 1.807) is 0 Å². The minimum Gasteiger partial charge on any atom is -0.486 e. The summed E-state index contributed by atoms with van der Waals surface area (Å²) >= 11 is 0. The number of ether oxygens (including phenoxy) is 2. The number of fused-ring (bicyclic) bond motifs is 1. The van der Waals surface area contributed by atoms with Gasteiger partial charge in [0.1, 0.15) is 12.7 Å². The standard InChI is InChI=1S/C18H21NO4S/c1-12-8-13(2)18(14(3)9-12)24(20,21)19-10-15-11-22-16-6-4-5-7-17(16)23-15/h4-9,15,19H,10-11H2,1-3H3/t15-/m0/s1. The summed E-state index contributed by atoms with van der Waals surface area (Å²) in [6.45, 7) is 6.04. The molecule has 6 heteroatoms. The first-order valence-electron chi connectivity index (χ1n) is 7.83.